The average Bonchev–Trinajstić information content (AvgIpc) is 3.45. The Kier molecular flexibility index (Phi) is 5.51. The first kappa shape index (κ1) is 19.5. The molecule has 3 heterocycles. The number of hydrogen-bond acceptors (Lipinski definition) is 7. The maximum Gasteiger partial charge on any atom is 0.271 e. The zero-order valence-corrected chi connectivity index (χ0v) is 17.6. The minimum Gasteiger partial charge on any atom is -0.378 e. The number of fused-ring (bicyclic) bond motifs is 1. The van der Waals surface area contributed by atoms with E-state index in [0.29, 0.717) is 23.2 Å². The predicted molar refractivity (Wildman–Crippen MR) is 122 cm³/mol. The van der Waals surface area contributed by atoms with Crippen LogP contribution in [0.2, 0.25) is 0 Å². The van der Waals surface area contributed by atoms with E-state index in [1.54, 1.807) is 5.38 Å². The summed E-state index contributed by atoms with van der Waals surface area (Å²) < 4.78 is 5.40. The topological polar surface area (TPSA) is 95.2 Å². The molecule has 1 fully saturated rings. The number of nitrogens with one attached hydrogen (secondary N) is 3. The Hall–Kier alpha value is -3.43. The minimum absolute atomic E-state index is 0.229. The fraction of sp³-hybridized carbons (Fsp3) is 0.227. The maximum absolute atomic E-state index is 12.5. The number of rotatable bonds is 6. The summed E-state index contributed by atoms with van der Waals surface area (Å²) in [6.07, 6.45) is 0. The van der Waals surface area contributed by atoms with Crippen LogP contribution in [0.5, 0.6) is 0 Å². The van der Waals surface area contributed by atoms with Crippen LogP contribution < -0.4 is 15.5 Å². The van der Waals surface area contributed by atoms with Gasteiger partial charge in [0.2, 0.25) is 0 Å². The van der Waals surface area contributed by atoms with Gasteiger partial charge in [0.05, 0.1) is 30.8 Å². The van der Waals surface area contributed by atoms with E-state index in [1.165, 1.54) is 17.0 Å². The summed E-state index contributed by atoms with van der Waals surface area (Å²) >= 11 is 1.40. The molecule has 0 bridgehead atoms. The summed E-state index contributed by atoms with van der Waals surface area (Å²) in [6.45, 7) is 3.66. The zero-order chi connectivity index (χ0) is 21.0. The Balaban J connectivity index is 1.18. The third-order valence-electron chi connectivity index (χ3n) is 5.09. The standard InChI is InChI=1S/C22H22N6O2S/c29-21(23-13-20-25-17-3-1-2-4-18(17)26-20)19-14-31-22(27-19)24-15-5-7-16(8-6-15)28-9-11-30-12-10-28/h1-8,14H,9-13H2,(H,23,29)(H,24,27)(H,25,26). The number of ether oxygens (including phenoxy) is 1. The SMILES string of the molecule is O=C(NCc1nc2ccccc2[nH]1)c1csc(Nc2ccc(N3CCOCC3)cc2)n1. The Bertz CT molecular complexity index is 1150. The summed E-state index contributed by atoms with van der Waals surface area (Å²) in [4.78, 5) is 26.9. The summed E-state index contributed by atoms with van der Waals surface area (Å²) in [5, 5.41) is 8.55. The minimum atomic E-state index is -0.229. The Morgan fingerprint density at radius 3 is 2.71 bits per heavy atom. The number of anilines is 3. The molecule has 1 amide bonds. The van der Waals surface area contributed by atoms with Crippen molar-refractivity contribution in [1.82, 2.24) is 20.3 Å². The van der Waals surface area contributed by atoms with E-state index in [4.69, 9.17) is 4.74 Å². The number of aromatic nitrogens is 3. The van der Waals surface area contributed by atoms with Gasteiger partial charge in [0.25, 0.3) is 5.91 Å². The lowest BCUT2D eigenvalue weighted by atomic mass is 10.2. The van der Waals surface area contributed by atoms with Crippen LogP contribution in [-0.2, 0) is 11.3 Å². The monoisotopic (exact) mass is 434 g/mol. The van der Waals surface area contributed by atoms with Gasteiger partial charge in [-0.3, -0.25) is 4.79 Å². The highest BCUT2D eigenvalue weighted by molar-refractivity contribution is 7.14. The molecule has 1 saturated heterocycles. The molecular weight excluding hydrogens is 412 g/mol. The van der Waals surface area contributed by atoms with Gasteiger partial charge in [-0.1, -0.05) is 12.1 Å². The normalized spacial score (nSPS) is 14.0. The molecule has 1 aliphatic rings. The second-order valence-corrected chi connectivity index (χ2v) is 8.05. The molecule has 0 atom stereocenters. The molecule has 0 unspecified atom stereocenters. The molecule has 8 nitrogen and oxygen atoms in total. The Morgan fingerprint density at radius 2 is 1.90 bits per heavy atom. The van der Waals surface area contributed by atoms with Crippen LogP contribution >= 0.6 is 11.3 Å². The van der Waals surface area contributed by atoms with Crippen LogP contribution in [0.3, 0.4) is 0 Å². The number of H-pyrrole nitrogens is 1. The fourth-order valence-corrected chi connectivity index (χ4v) is 4.19. The number of para-hydroxylation sites is 2. The highest BCUT2D eigenvalue weighted by Gasteiger charge is 2.13. The molecule has 4 aromatic rings. The van der Waals surface area contributed by atoms with Crippen LogP contribution in [0.4, 0.5) is 16.5 Å². The van der Waals surface area contributed by atoms with Crippen molar-refractivity contribution in [2.75, 3.05) is 36.5 Å². The van der Waals surface area contributed by atoms with Crippen LogP contribution in [0.25, 0.3) is 11.0 Å². The number of amides is 1. The van der Waals surface area contributed by atoms with Crippen LogP contribution in [0.15, 0.2) is 53.9 Å². The van der Waals surface area contributed by atoms with Gasteiger partial charge in [0.1, 0.15) is 11.5 Å². The molecule has 31 heavy (non-hydrogen) atoms. The van der Waals surface area contributed by atoms with E-state index in [1.807, 2.05) is 36.4 Å². The molecule has 0 aliphatic carbocycles. The average molecular weight is 435 g/mol. The van der Waals surface area contributed by atoms with Gasteiger partial charge in [-0.25, -0.2) is 9.97 Å². The molecule has 5 rings (SSSR count). The molecule has 0 saturated carbocycles. The zero-order valence-electron chi connectivity index (χ0n) is 16.8. The highest BCUT2D eigenvalue weighted by Crippen LogP contribution is 2.24. The van der Waals surface area contributed by atoms with Crippen molar-refractivity contribution in [2.45, 2.75) is 6.54 Å². The quantitative estimate of drug-likeness (QED) is 0.430. The van der Waals surface area contributed by atoms with Crippen molar-refractivity contribution < 1.29 is 9.53 Å². The van der Waals surface area contributed by atoms with Gasteiger partial charge in [0.15, 0.2) is 5.13 Å². The van der Waals surface area contributed by atoms with Crippen LogP contribution in [0, 0.1) is 0 Å². The van der Waals surface area contributed by atoms with Gasteiger partial charge >= 0.3 is 0 Å². The van der Waals surface area contributed by atoms with E-state index < -0.39 is 0 Å². The number of morpholine rings is 1. The molecule has 3 N–H and O–H groups in total. The number of nitrogens with zero attached hydrogens (tertiary/aromatic N) is 3. The first-order chi connectivity index (χ1) is 15.2. The smallest absolute Gasteiger partial charge is 0.271 e. The summed E-state index contributed by atoms with van der Waals surface area (Å²) in [7, 11) is 0. The van der Waals surface area contributed by atoms with Crippen molar-refractivity contribution in [3.05, 3.63) is 65.4 Å². The predicted octanol–water partition coefficient (Wildman–Crippen LogP) is 3.53. The number of carbonyl (C=O) groups excluding carboxylic acids is 1. The van der Waals surface area contributed by atoms with E-state index in [9.17, 15) is 4.79 Å². The molecule has 9 heteroatoms. The first-order valence-electron chi connectivity index (χ1n) is 10.1. The van der Waals surface area contributed by atoms with Crippen molar-refractivity contribution >= 4 is 44.8 Å². The fourth-order valence-electron chi connectivity index (χ4n) is 3.48. The molecular formula is C22H22N6O2S. The molecule has 2 aromatic heterocycles. The second-order valence-electron chi connectivity index (χ2n) is 7.19. The number of benzene rings is 2. The van der Waals surface area contributed by atoms with Gasteiger partial charge in [-0.05, 0) is 36.4 Å². The molecule has 158 valence electrons. The molecule has 0 spiro atoms. The van der Waals surface area contributed by atoms with Crippen molar-refractivity contribution in [3.8, 4) is 0 Å². The van der Waals surface area contributed by atoms with E-state index in [2.05, 4.69) is 42.6 Å². The second kappa shape index (κ2) is 8.75. The van der Waals surface area contributed by atoms with Crippen LogP contribution in [-0.4, -0.2) is 47.2 Å². The third-order valence-corrected chi connectivity index (χ3v) is 5.84. The first-order valence-corrected chi connectivity index (χ1v) is 11.0. The lowest BCUT2D eigenvalue weighted by Gasteiger charge is -2.28. The molecule has 0 radical (unpaired) electrons. The van der Waals surface area contributed by atoms with Crippen LogP contribution in [0.1, 0.15) is 16.3 Å². The van der Waals surface area contributed by atoms with Gasteiger partial charge in [0, 0.05) is 29.8 Å². The van der Waals surface area contributed by atoms with E-state index >= 15 is 0 Å². The summed E-state index contributed by atoms with van der Waals surface area (Å²) in [6, 6.07) is 16.0. The number of aromatic amines is 1. The number of thiazole rings is 1. The number of carbonyl (C=O) groups is 1. The molecule has 2 aromatic carbocycles. The van der Waals surface area contributed by atoms with Crippen molar-refractivity contribution in [3.63, 3.8) is 0 Å². The summed E-state index contributed by atoms with van der Waals surface area (Å²) in [5.41, 5.74) is 4.32. The molecule has 1 aliphatic heterocycles. The Labute approximate surface area is 183 Å². The van der Waals surface area contributed by atoms with Gasteiger partial charge in [-0.2, -0.15) is 0 Å². The van der Waals surface area contributed by atoms with Crippen molar-refractivity contribution in [2.24, 2.45) is 0 Å². The van der Waals surface area contributed by atoms with Gasteiger partial charge in [-0.15, -0.1) is 11.3 Å². The number of hydrogen-bond donors (Lipinski definition) is 3. The number of imidazole rings is 1. The third kappa shape index (κ3) is 4.52. The lowest BCUT2D eigenvalue weighted by molar-refractivity contribution is 0.0945. The van der Waals surface area contributed by atoms with Crippen molar-refractivity contribution in [1.29, 1.82) is 0 Å². The summed E-state index contributed by atoms with van der Waals surface area (Å²) in [5.74, 6) is 0.482. The lowest BCUT2D eigenvalue weighted by Crippen LogP contribution is -2.36. The Morgan fingerprint density at radius 1 is 1.10 bits per heavy atom. The maximum atomic E-state index is 12.5. The van der Waals surface area contributed by atoms with Gasteiger partial charge < -0.3 is 25.3 Å². The largest absolute Gasteiger partial charge is 0.378 e. The van der Waals surface area contributed by atoms with E-state index in [-0.39, 0.29) is 5.91 Å². The van der Waals surface area contributed by atoms with E-state index in [0.717, 1.165) is 43.0 Å². The highest BCUT2D eigenvalue weighted by atomic mass is 32.1.